The standard InChI is InChI=1S/C12H16N2O2/c1-8-4-5-10(6-12(8)16-3)9(2)11(7-13)14-15/h4-7,9,11,13H,1-3H3/t9-,11-/m0/s1. The van der Waals surface area contributed by atoms with Gasteiger partial charge in [-0.25, -0.2) is 0 Å². The van der Waals surface area contributed by atoms with Gasteiger partial charge in [0.2, 0.25) is 0 Å². The van der Waals surface area contributed by atoms with Crippen molar-refractivity contribution in [3.63, 3.8) is 0 Å². The van der Waals surface area contributed by atoms with Crippen LogP contribution in [0.1, 0.15) is 24.0 Å². The van der Waals surface area contributed by atoms with Gasteiger partial charge in [-0.1, -0.05) is 24.2 Å². The van der Waals surface area contributed by atoms with Crippen LogP contribution in [0.4, 0.5) is 0 Å². The fourth-order valence-corrected chi connectivity index (χ4v) is 1.58. The molecular weight excluding hydrogens is 204 g/mol. The van der Waals surface area contributed by atoms with E-state index in [-0.39, 0.29) is 5.92 Å². The number of nitrogens with zero attached hydrogens (tertiary/aromatic N) is 1. The van der Waals surface area contributed by atoms with Crippen molar-refractivity contribution >= 4 is 6.21 Å². The van der Waals surface area contributed by atoms with Gasteiger partial charge in [0.25, 0.3) is 0 Å². The van der Waals surface area contributed by atoms with Gasteiger partial charge in [0.1, 0.15) is 11.8 Å². The molecule has 4 heteroatoms. The SMILES string of the molecule is COc1cc([C@H](C)[C@H](C=N)N=O)ccc1C. The Morgan fingerprint density at radius 1 is 1.50 bits per heavy atom. The van der Waals surface area contributed by atoms with E-state index in [0.29, 0.717) is 0 Å². The summed E-state index contributed by atoms with van der Waals surface area (Å²) >= 11 is 0. The minimum atomic E-state index is -0.618. The number of nitroso groups, excluding NO2 is 1. The summed E-state index contributed by atoms with van der Waals surface area (Å²) in [6.45, 7) is 3.83. The van der Waals surface area contributed by atoms with E-state index in [1.165, 1.54) is 0 Å². The molecule has 0 fully saturated rings. The molecule has 0 saturated carbocycles. The van der Waals surface area contributed by atoms with Crippen LogP contribution in [0.3, 0.4) is 0 Å². The second kappa shape index (κ2) is 5.39. The molecule has 0 bridgehead atoms. The van der Waals surface area contributed by atoms with E-state index in [1.54, 1.807) is 7.11 Å². The van der Waals surface area contributed by atoms with Crippen LogP contribution >= 0.6 is 0 Å². The fraction of sp³-hybridized carbons (Fsp3) is 0.417. The van der Waals surface area contributed by atoms with Gasteiger partial charge in [-0.05, 0) is 24.1 Å². The highest BCUT2D eigenvalue weighted by Gasteiger charge is 2.18. The average molecular weight is 220 g/mol. The number of hydrogen-bond donors (Lipinski definition) is 1. The van der Waals surface area contributed by atoms with Gasteiger partial charge in [0.05, 0.1) is 7.11 Å². The molecule has 4 nitrogen and oxygen atoms in total. The summed E-state index contributed by atoms with van der Waals surface area (Å²) in [6.07, 6.45) is 1.07. The first kappa shape index (κ1) is 12.4. The molecular formula is C12H16N2O2. The Bertz CT molecular complexity index is 383. The third-order valence-electron chi connectivity index (χ3n) is 2.76. The average Bonchev–Trinajstić information content (AvgIpc) is 2.31. The largest absolute Gasteiger partial charge is 0.496 e. The molecule has 1 rings (SSSR count). The molecule has 0 heterocycles. The lowest BCUT2D eigenvalue weighted by atomic mass is 9.93. The van der Waals surface area contributed by atoms with Gasteiger partial charge in [0.15, 0.2) is 0 Å². The number of nitrogens with one attached hydrogen (secondary N) is 1. The predicted molar refractivity (Wildman–Crippen MR) is 64.5 cm³/mol. The molecule has 0 unspecified atom stereocenters. The molecule has 0 amide bonds. The van der Waals surface area contributed by atoms with Gasteiger partial charge in [-0.3, -0.25) is 0 Å². The minimum Gasteiger partial charge on any atom is -0.496 e. The molecule has 1 aromatic carbocycles. The van der Waals surface area contributed by atoms with Gasteiger partial charge < -0.3 is 10.1 Å². The molecule has 0 radical (unpaired) electrons. The van der Waals surface area contributed by atoms with E-state index >= 15 is 0 Å². The zero-order chi connectivity index (χ0) is 12.1. The molecule has 0 aromatic heterocycles. The first-order valence-electron chi connectivity index (χ1n) is 5.11. The molecule has 0 aliphatic rings. The number of rotatable bonds is 5. The lowest BCUT2D eigenvalue weighted by Gasteiger charge is -2.15. The van der Waals surface area contributed by atoms with Crippen LogP contribution in [-0.2, 0) is 0 Å². The smallest absolute Gasteiger partial charge is 0.133 e. The van der Waals surface area contributed by atoms with E-state index in [9.17, 15) is 4.91 Å². The highest BCUT2D eigenvalue weighted by Crippen LogP contribution is 2.26. The van der Waals surface area contributed by atoms with Crippen LogP contribution in [0.5, 0.6) is 5.75 Å². The summed E-state index contributed by atoms with van der Waals surface area (Å²) in [5.74, 6) is 0.684. The third-order valence-corrected chi connectivity index (χ3v) is 2.76. The van der Waals surface area contributed by atoms with Crippen molar-refractivity contribution in [1.29, 1.82) is 5.41 Å². The quantitative estimate of drug-likeness (QED) is 0.612. The van der Waals surface area contributed by atoms with Crippen LogP contribution in [0.25, 0.3) is 0 Å². The molecule has 2 atom stereocenters. The van der Waals surface area contributed by atoms with E-state index in [0.717, 1.165) is 23.1 Å². The molecule has 0 aliphatic carbocycles. The molecule has 0 aliphatic heterocycles. The summed E-state index contributed by atoms with van der Waals surface area (Å²) in [4.78, 5) is 10.5. The summed E-state index contributed by atoms with van der Waals surface area (Å²) < 4.78 is 5.22. The highest BCUT2D eigenvalue weighted by molar-refractivity contribution is 5.63. The summed E-state index contributed by atoms with van der Waals surface area (Å²) in [6, 6.07) is 5.15. The Morgan fingerprint density at radius 3 is 2.69 bits per heavy atom. The van der Waals surface area contributed by atoms with Gasteiger partial charge in [-0.2, -0.15) is 4.91 Å². The highest BCUT2D eigenvalue weighted by atomic mass is 16.5. The summed E-state index contributed by atoms with van der Waals surface area (Å²) in [5, 5.41) is 10.1. The van der Waals surface area contributed by atoms with Crippen molar-refractivity contribution in [2.75, 3.05) is 7.11 Å². The predicted octanol–water partition coefficient (Wildman–Crippen LogP) is 2.89. The Hall–Kier alpha value is -1.71. The summed E-state index contributed by atoms with van der Waals surface area (Å²) in [7, 11) is 1.61. The zero-order valence-electron chi connectivity index (χ0n) is 9.73. The van der Waals surface area contributed by atoms with Gasteiger partial charge in [-0.15, -0.1) is 0 Å². The van der Waals surface area contributed by atoms with Crippen molar-refractivity contribution in [3.8, 4) is 5.75 Å². The van der Waals surface area contributed by atoms with E-state index in [2.05, 4.69) is 5.18 Å². The molecule has 1 N–H and O–H groups in total. The van der Waals surface area contributed by atoms with Crippen molar-refractivity contribution in [2.24, 2.45) is 5.18 Å². The van der Waals surface area contributed by atoms with E-state index in [1.807, 2.05) is 32.0 Å². The number of hydrogen-bond acceptors (Lipinski definition) is 4. The van der Waals surface area contributed by atoms with Crippen LogP contribution in [-0.4, -0.2) is 19.4 Å². The topological polar surface area (TPSA) is 62.5 Å². The normalized spacial score (nSPS) is 13.9. The van der Waals surface area contributed by atoms with E-state index in [4.69, 9.17) is 10.1 Å². The molecule has 1 aromatic rings. The number of methoxy groups -OCH3 is 1. The van der Waals surface area contributed by atoms with Crippen molar-refractivity contribution in [2.45, 2.75) is 25.8 Å². The van der Waals surface area contributed by atoms with Gasteiger partial charge in [0, 0.05) is 12.1 Å². The maximum atomic E-state index is 10.5. The number of benzene rings is 1. The zero-order valence-corrected chi connectivity index (χ0v) is 9.73. The molecule has 0 saturated heterocycles. The maximum Gasteiger partial charge on any atom is 0.133 e. The number of aryl methyl sites for hydroxylation is 1. The first-order valence-corrected chi connectivity index (χ1v) is 5.11. The Kier molecular flexibility index (Phi) is 4.17. The monoisotopic (exact) mass is 220 g/mol. The van der Waals surface area contributed by atoms with Crippen LogP contribution in [0, 0.1) is 17.2 Å². The van der Waals surface area contributed by atoms with Crippen LogP contribution < -0.4 is 4.74 Å². The van der Waals surface area contributed by atoms with E-state index < -0.39 is 6.04 Å². The molecule has 86 valence electrons. The third kappa shape index (κ3) is 2.45. The lowest BCUT2D eigenvalue weighted by molar-refractivity contribution is 0.410. The van der Waals surface area contributed by atoms with Crippen LogP contribution in [0.15, 0.2) is 23.4 Å². The fourth-order valence-electron chi connectivity index (χ4n) is 1.58. The minimum absolute atomic E-state index is 0.107. The molecule has 16 heavy (non-hydrogen) atoms. The van der Waals surface area contributed by atoms with Crippen LogP contribution in [0.2, 0.25) is 0 Å². The molecule has 0 spiro atoms. The Labute approximate surface area is 95.1 Å². The first-order chi connectivity index (χ1) is 7.63. The maximum absolute atomic E-state index is 10.5. The second-order valence-corrected chi connectivity index (χ2v) is 3.78. The Morgan fingerprint density at radius 2 is 2.19 bits per heavy atom. The second-order valence-electron chi connectivity index (χ2n) is 3.78. The number of ether oxygens (including phenoxy) is 1. The Balaban J connectivity index is 3.03. The van der Waals surface area contributed by atoms with Gasteiger partial charge >= 0.3 is 0 Å². The van der Waals surface area contributed by atoms with Crippen molar-refractivity contribution in [3.05, 3.63) is 34.2 Å². The van der Waals surface area contributed by atoms with Crippen molar-refractivity contribution in [1.82, 2.24) is 0 Å². The lowest BCUT2D eigenvalue weighted by Crippen LogP contribution is -2.14. The van der Waals surface area contributed by atoms with Crippen molar-refractivity contribution < 1.29 is 4.74 Å². The summed E-state index contributed by atoms with van der Waals surface area (Å²) in [5.41, 5.74) is 2.00.